The highest BCUT2D eigenvalue weighted by Gasteiger charge is 2.67. The summed E-state index contributed by atoms with van der Waals surface area (Å²) in [5, 5.41) is 0. The van der Waals surface area contributed by atoms with Crippen LogP contribution in [-0.2, 0) is 15.3 Å². The van der Waals surface area contributed by atoms with Gasteiger partial charge in [0.25, 0.3) is 5.79 Å². The zero-order chi connectivity index (χ0) is 15.2. The molecular formula is C16H12BrFO3. The van der Waals surface area contributed by atoms with Gasteiger partial charge < -0.3 is 9.47 Å². The molecule has 1 fully saturated rings. The molecule has 0 aliphatic carbocycles. The van der Waals surface area contributed by atoms with Gasteiger partial charge in [-0.15, -0.1) is 0 Å². The van der Waals surface area contributed by atoms with Crippen LogP contribution in [-0.4, -0.2) is 12.1 Å². The smallest absolute Gasteiger partial charge is 0.341 e. The standard InChI is InChI=1S/C16H12BrFO3/c1-3-10(8-13(17)9(2)18)14-16(20-14)12-7-5-4-6-11(12)15(19)21-16/h3-8,14H,2H2,1H3/b10-3+,13-8+. The van der Waals surface area contributed by atoms with E-state index in [9.17, 15) is 9.18 Å². The molecule has 2 heterocycles. The molecule has 21 heavy (non-hydrogen) atoms. The maximum Gasteiger partial charge on any atom is 0.341 e. The van der Waals surface area contributed by atoms with Gasteiger partial charge in [-0.05, 0) is 40.6 Å². The molecule has 1 saturated heterocycles. The third-order valence-corrected chi connectivity index (χ3v) is 4.20. The van der Waals surface area contributed by atoms with Gasteiger partial charge in [-0.1, -0.05) is 30.9 Å². The van der Waals surface area contributed by atoms with Crippen molar-refractivity contribution in [1.29, 1.82) is 0 Å². The molecule has 3 nitrogen and oxygen atoms in total. The van der Waals surface area contributed by atoms with Crippen LogP contribution in [0.5, 0.6) is 0 Å². The van der Waals surface area contributed by atoms with E-state index in [1.54, 1.807) is 30.4 Å². The average molecular weight is 351 g/mol. The van der Waals surface area contributed by atoms with Crippen molar-refractivity contribution >= 4 is 21.9 Å². The minimum Gasteiger partial charge on any atom is -0.422 e. The molecule has 5 heteroatoms. The first-order valence-electron chi connectivity index (χ1n) is 6.38. The Kier molecular flexibility index (Phi) is 3.34. The first kappa shape index (κ1) is 14.2. The Morgan fingerprint density at radius 2 is 2.19 bits per heavy atom. The van der Waals surface area contributed by atoms with E-state index in [1.165, 1.54) is 0 Å². The summed E-state index contributed by atoms with van der Waals surface area (Å²) in [5.74, 6) is -2.05. The summed E-state index contributed by atoms with van der Waals surface area (Å²) in [5.41, 5.74) is 1.93. The van der Waals surface area contributed by atoms with Gasteiger partial charge in [0, 0.05) is 5.56 Å². The Balaban J connectivity index is 1.95. The van der Waals surface area contributed by atoms with Crippen LogP contribution in [0.15, 0.2) is 58.9 Å². The highest BCUT2D eigenvalue weighted by Crippen LogP contribution is 2.56. The van der Waals surface area contributed by atoms with E-state index in [0.717, 1.165) is 0 Å². The lowest BCUT2D eigenvalue weighted by molar-refractivity contribution is -0.00804. The van der Waals surface area contributed by atoms with Crippen LogP contribution in [0, 0.1) is 0 Å². The summed E-state index contributed by atoms with van der Waals surface area (Å²) in [7, 11) is 0. The van der Waals surface area contributed by atoms with Gasteiger partial charge in [-0.2, -0.15) is 0 Å². The van der Waals surface area contributed by atoms with Crippen molar-refractivity contribution in [2.75, 3.05) is 0 Å². The van der Waals surface area contributed by atoms with Crippen LogP contribution in [0.2, 0.25) is 0 Å². The fourth-order valence-corrected chi connectivity index (χ4v) is 2.72. The Bertz CT molecular complexity index is 707. The minimum absolute atomic E-state index is 0.235. The molecule has 2 aliphatic rings. The molecule has 108 valence electrons. The highest BCUT2D eigenvalue weighted by atomic mass is 79.9. The number of allylic oxidation sites excluding steroid dienone is 3. The molecule has 2 atom stereocenters. The third kappa shape index (κ3) is 2.17. The molecule has 2 unspecified atom stereocenters. The number of halogens is 2. The van der Waals surface area contributed by atoms with Gasteiger partial charge in [0.1, 0.15) is 5.83 Å². The zero-order valence-electron chi connectivity index (χ0n) is 11.2. The monoisotopic (exact) mass is 350 g/mol. The van der Waals surface area contributed by atoms with Crippen molar-refractivity contribution in [3.8, 4) is 0 Å². The van der Waals surface area contributed by atoms with Gasteiger partial charge in [0.15, 0.2) is 6.10 Å². The van der Waals surface area contributed by atoms with Gasteiger partial charge in [0.2, 0.25) is 0 Å². The molecule has 0 radical (unpaired) electrons. The molecule has 0 saturated carbocycles. The molecule has 0 aromatic heterocycles. The summed E-state index contributed by atoms with van der Waals surface area (Å²) in [4.78, 5) is 11.9. The number of hydrogen-bond acceptors (Lipinski definition) is 3. The maximum absolute atomic E-state index is 13.1. The number of rotatable bonds is 3. The molecular weight excluding hydrogens is 339 g/mol. The number of esters is 1. The second-order valence-corrected chi connectivity index (χ2v) is 5.64. The predicted octanol–water partition coefficient (Wildman–Crippen LogP) is 4.12. The molecule has 0 N–H and O–H groups in total. The second kappa shape index (κ2) is 4.93. The fourth-order valence-electron chi connectivity index (χ4n) is 2.46. The first-order valence-corrected chi connectivity index (χ1v) is 7.17. The van der Waals surface area contributed by atoms with Crippen molar-refractivity contribution in [3.05, 3.63) is 70.0 Å². The second-order valence-electron chi connectivity index (χ2n) is 4.79. The number of benzene rings is 1. The van der Waals surface area contributed by atoms with E-state index >= 15 is 0 Å². The Labute approximate surface area is 129 Å². The van der Waals surface area contributed by atoms with Crippen LogP contribution in [0.3, 0.4) is 0 Å². The van der Waals surface area contributed by atoms with E-state index in [2.05, 4.69) is 22.5 Å². The van der Waals surface area contributed by atoms with Gasteiger partial charge in [-0.3, -0.25) is 0 Å². The van der Waals surface area contributed by atoms with E-state index in [4.69, 9.17) is 9.47 Å². The summed E-state index contributed by atoms with van der Waals surface area (Å²) < 4.78 is 24.4. The van der Waals surface area contributed by atoms with E-state index in [-0.39, 0.29) is 4.48 Å². The lowest BCUT2D eigenvalue weighted by atomic mass is 9.99. The van der Waals surface area contributed by atoms with Crippen LogP contribution >= 0.6 is 15.9 Å². The lowest BCUT2D eigenvalue weighted by Gasteiger charge is -2.05. The molecule has 1 aromatic carbocycles. The van der Waals surface area contributed by atoms with Crippen molar-refractivity contribution in [3.63, 3.8) is 0 Å². The van der Waals surface area contributed by atoms with Gasteiger partial charge in [0.05, 0.1) is 10.0 Å². The summed E-state index contributed by atoms with van der Waals surface area (Å²) in [6.45, 7) is 5.03. The predicted molar refractivity (Wildman–Crippen MR) is 79.4 cm³/mol. The van der Waals surface area contributed by atoms with Gasteiger partial charge >= 0.3 is 5.97 Å². The summed E-state index contributed by atoms with van der Waals surface area (Å²) in [6.07, 6.45) is 2.93. The summed E-state index contributed by atoms with van der Waals surface area (Å²) in [6, 6.07) is 7.11. The lowest BCUT2D eigenvalue weighted by Crippen LogP contribution is -2.13. The van der Waals surface area contributed by atoms with Crippen LogP contribution in [0.25, 0.3) is 0 Å². The molecule has 0 amide bonds. The number of fused-ring (bicyclic) bond motifs is 2. The molecule has 2 aliphatic heterocycles. The normalized spacial score (nSPS) is 27.6. The van der Waals surface area contributed by atoms with E-state index in [0.29, 0.717) is 16.7 Å². The number of epoxide rings is 1. The summed E-state index contributed by atoms with van der Waals surface area (Å²) >= 11 is 3.10. The van der Waals surface area contributed by atoms with E-state index in [1.807, 2.05) is 13.0 Å². The molecule has 1 aromatic rings. The van der Waals surface area contributed by atoms with Crippen LogP contribution in [0.4, 0.5) is 4.39 Å². The topological polar surface area (TPSA) is 38.8 Å². The van der Waals surface area contributed by atoms with Crippen molar-refractivity contribution < 1.29 is 18.7 Å². The highest BCUT2D eigenvalue weighted by molar-refractivity contribution is 9.11. The fraction of sp³-hybridized carbons (Fsp3) is 0.188. The van der Waals surface area contributed by atoms with Crippen molar-refractivity contribution in [2.24, 2.45) is 0 Å². The SMILES string of the molecule is C=C(F)/C(Br)=C\C(=C/C)C1OC12OC(=O)c1ccccc12. The van der Waals surface area contributed by atoms with Gasteiger partial charge in [-0.25, -0.2) is 9.18 Å². The number of ether oxygens (including phenoxy) is 2. The number of carbonyl (C=O) groups is 1. The Morgan fingerprint density at radius 3 is 2.86 bits per heavy atom. The Morgan fingerprint density at radius 1 is 1.48 bits per heavy atom. The average Bonchev–Trinajstić information content (AvgIpc) is 3.11. The Hall–Kier alpha value is -1.72. The maximum atomic E-state index is 13.1. The number of hydrogen-bond donors (Lipinski definition) is 0. The largest absolute Gasteiger partial charge is 0.422 e. The van der Waals surface area contributed by atoms with Crippen LogP contribution in [0.1, 0.15) is 22.8 Å². The van der Waals surface area contributed by atoms with Crippen LogP contribution < -0.4 is 0 Å². The minimum atomic E-state index is -1.07. The quantitative estimate of drug-likeness (QED) is 0.467. The molecule has 1 spiro atoms. The third-order valence-electron chi connectivity index (χ3n) is 3.54. The van der Waals surface area contributed by atoms with E-state index < -0.39 is 23.7 Å². The van der Waals surface area contributed by atoms with Crippen molar-refractivity contribution in [2.45, 2.75) is 18.8 Å². The first-order chi connectivity index (χ1) is 9.99. The zero-order valence-corrected chi connectivity index (χ0v) is 12.8. The number of carbonyl (C=O) groups excluding carboxylic acids is 1. The van der Waals surface area contributed by atoms with Crippen molar-refractivity contribution in [1.82, 2.24) is 0 Å². The molecule has 0 bridgehead atoms. The molecule has 3 rings (SSSR count).